The lowest BCUT2D eigenvalue weighted by Crippen LogP contribution is -2.52. The van der Waals surface area contributed by atoms with Crippen molar-refractivity contribution < 1.29 is 9.53 Å². The van der Waals surface area contributed by atoms with E-state index in [9.17, 15) is 4.79 Å². The number of aromatic nitrogens is 2. The van der Waals surface area contributed by atoms with Crippen LogP contribution >= 0.6 is 0 Å². The largest absolute Gasteiger partial charge is 0.375 e. The molecule has 26 heavy (non-hydrogen) atoms. The molecular weight excluding hydrogens is 328 g/mol. The number of fused-ring (bicyclic) bond motifs is 1. The van der Waals surface area contributed by atoms with Crippen molar-refractivity contribution in [2.75, 3.05) is 18.5 Å². The second-order valence-electron chi connectivity index (χ2n) is 7.04. The van der Waals surface area contributed by atoms with Crippen molar-refractivity contribution in [3.05, 3.63) is 42.4 Å². The first-order valence-corrected chi connectivity index (χ1v) is 9.25. The molecule has 1 aliphatic carbocycles. The van der Waals surface area contributed by atoms with E-state index >= 15 is 0 Å². The van der Waals surface area contributed by atoms with Gasteiger partial charge in [0.15, 0.2) is 0 Å². The predicted octanol–water partition coefficient (Wildman–Crippen LogP) is 2.55. The van der Waals surface area contributed by atoms with Gasteiger partial charge in [0.25, 0.3) is 0 Å². The molecule has 2 aromatic rings. The van der Waals surface area contributed by atoms with Gasteiger partial charge in [-0.15, -0.1) is 0 Å². The molecule has 1 saturated carbocycles. The third-order valence-corrected chi connectivity index (χ3v) is 5.20. The van der Waals surface area contributed by atoms with E-state index in [-0.39, 0.29) is 17.9 Å². The lowest BCUT2D eigenvalue weighted by atomic mass is 9.82. The average Bonchev–Trinajstić information content (AvgIpc) is 2.68. The van der Waals surface area contributed by atoms with Crippen LogP contribution in [0.5, 0.6) is 0 Å². The molecule has 1 aromatic carbocycles. The Balaban J connectivity index is 1.44. The Hall–Kier alpha value is -2.31. The van der Waals surface area contributed by atoms with Crippen LogP contribution in [0.25, 0.3) is 11.3 Å². The van der Waals surface area contributed by atoms with Crippen LogP contribution in [0.1, 0.15) is 25.1 Å². The molecule has 0 unspecified atom stereocenters. The second kappa shape index (κ2) is 7.51. The second-order valence-corrected chi connectivity index (χ2v) is 7.04. The SMILES string of the molecule is Cc1nccc(-c2cccc(NC(=O)[C@H]3CC[C@H]4OCCN[C@@H]4C3)c2)n1. The van der Waals surface area contributed by atoms with Crippen LogP contribution in [0.2, 0.25) is 0 Å². The van der Waals surface area contributed by atoms with Crippen LogP contribution in [0, 0.1) is 12.8 Å². The number of rotatable bonds is 3. The van der Waals surface area contributed by atoms with Gasteiger partial charge < -0.3 is 15.4 Å². The zero-order valence-corrected chi connectivity index (χ0v) is 14.9. The quantitative estimate of drug-likeness (QED) is 0.888. The van der Waals surface area contributed by atoms with Gasteiger partial charge >= 0.3 is 0 Å². The van der Waals surface area contributed by atoms with Gasteiger partial charge in [-0.2, -0.15) is 0 Å². The highest BCUT2D eigenvalue weighted by Gasteiger charge is 2.35. The van der Waals surface area contributed by atoms with Crippen molar-refractivity contribution in [3.8, 4) is 11.3 Å². The Labute approximate surface area is 153 Å². The minimum atomic E-state index is 0.0235. The van der Waals surface area contributed by atoms with E-state index in [1.54, 1.807) is 6.20 Å². The number of carbonyl (C=O) groups is 1. The van der Waals surface area contributed by atoms with E-state index in [0.717, 1.165) is 55.2 Å². The maximum absolute atomic E-state index is 12.7. The highest BCUT2D eigenvalue weighted by atomic mass is 16.5. The summed E-state index contributed by atoms with van der Waals surface area (Å²) in [6.45, 7) is 3.51. The number of hydrogen-bond acceptors (Lipinski definition) is 5. The average molecular weight is 352 g/mol. The number of ether oxygens (including phenoxy) is 1. The van der Waals surface area contributed by atoms with Gasteiger partial charge in [-0.3, -0.25) is 4.79 Å². The van der Waals surface area contributed by atoms with Crippen molar-refractivity contribution in [3.63, 3.8) is 0 Å². The molecule has 6 nitrogen and oxygen atoms in total. The first-order valence-electron chi connectivity index (χ1n) is 9.25. The standard InChI is InChI=1S/C20H24N4O2/c1-13-21-8-7-17(23-13)14-3-2-4-16(11-14)24-20(25)15-5-6-19-18(12-15)22-9-10-26-19/h2-4,7-8,11,15,18-19,22H,5-6,9-10,12H2,1H3,(H,24,25)/t15-,18+,19+/m0/s1. The maximum Gasteiger partial charge on any atom is 0.227 e. The molecule has 1 aliphatic heterocycles. The predicted molar refractivity (Wildman–Crippen MR) is 99.7 cm³/mol. The summed E-state index contributed by atoms with van der Waals surface area (Å²) in [5.41, 5.74) is 2.63. The fourth-order valence-corrected chi connectivity index (χ4v) is 3.87. The molecule has 2 N–H and O–H groups in total. The van der Waals surface area contributed by atoms with E-state index in [1.165, 1.54) is 0 Å². The Bertz CT molecular complexity index is 795. The number of amides is 1. The van der Waals surface area contributed by atoms with Gasteiger partial charge in [-0.25, -0.2) is 9.97 Å². The highest BCUT2D eigenvalue weighted by Crippen LogP contribution is 2.29. The van der Waals surface area contributed by atoms with Crippen LogP contribution in [0.4, 0.5) is 5.69 Å². The number of benzene rings is 1. The third-order valence-electron chi connectivity index (χ3n) is 5.20. The Kier molecular flexibility index (Phi) is 4.95. The third kappa shape index (κ3) is 3.76. The van der Waals surface area contributed by atoms with Gasteiger partial charge in [-0.05, 0) is 44.4 Å². The van der Waals surface area contributed by atoms with Crippen LogP contribution in [-0.2, 0) is 9.53 Å². The zero-order valence-electron chi connectivity index (χ0n) is 14.9. The molecule has 2 aliphatic rings. The van der Waals surface area contributed by atoms with Gasteiger partial charge in [0, 0.05) is 36.0 Å². The van der Waals surface area contributed by atoms with Crippen LogP contribution in [0.15, 0.2) is 36.5 Å². The van der Waals surface area contributed by atoms with Crippen molar-refractivity contribution in [2.24, 2.45) is 5.92 Å². The van der Waals surface area contributed by atoms with E-state index in [4.69, 9.17) is 4.74 Å². The molecule has 3 atom stereocenters. The summed E-state index contributed by atoms with van der Waals surface area (Å²) in [6.07, 6.45) is 4.66. The van der Waals surface area contributed by atoms with Crippen LogP contribution in [-0.4, -0.2) is 41.2 Å². The summed E-state index contributed by atoms with van der Waals surface area (Å²) in [7, 11) is 0. The fourth-order valence-electron chi connectivity index (χ4n) is 3.87. The number of hydrogen-bond donors (Lipinski definition) is 2. The fraction of sp³-hybridized carbons (Fsp3) is 0.450. The van der Waals surface area contributed by atoms with Crippen molar-refractivity contribution >= 4 is 11.6 Å². The lowest BCUT2D eigenvalue weighted by Gasteiger charge is -2.39. The van der Waals surface area contributed by atoms with Gasteiger partial charge in [0.05, 0.1) is 18.4 Å². The van der Waals surface area contributed by atoms with E-state index < -0.39 is 0 Å². The summed E-state index contributed by atoms with van der Waals surface area (Å²) in [4.78, 5) is 21.3. The summed E-state index contributed by atoms with van der Waals surface area (Å²) in [5.74, 6) is 0.846. The molecule has 0 radical (unpaired) electrons. The topological polar surface area (TPSA) is 76.1 Å². The molecule has 2 heterocycles. The monoisotopic (exact) mass is 352 g/mol. The molecule has 2 fully saturated rings. The lowest BCUT2D eigenvalue weighted by molar-refractivity contribution is -0.123. The summed E-state index contributed by atoms with van der Waals surface area (Å²) in [5, 5.41) is 6.57. The number of morpholine rings is 1. The zero-order chi connectivity index (χ0) is 17.9. The molecule has 136 valence electrons. The molecule has 6 heteroatoms. The Morgan fingerprint density at radius 2 is 2.23 bits per heavy atom. The van der Waals surface area contributed by atoms with Crippen LogP contribution < -0.4 is 10.6 Å². The van der Waals surface area contributed by atoms with Crippen molar-refractivity contribution in [1.29, 1.82) is 0 Å². The van der Waals surface area contributed by atoms with Gasteiger partial charge in [0.2, 0.25) is 5.91 Å². The van der Waals surface area contributed by atoms with E-state index in [1.807, 2.05) is 37.3 Å². The highest BCUT2D eigenvalue weighted by molar-refractivity contribution is 5.93. The number of anilines is 1. The molecular formula is C20H24N4O2. The minimum Gasteiger partial charge on any atom is -0.375 e. The molecule has 0 bridgehead atoms. The molecule has 1 saturated heterocycles. The number of nitrogens with zero attached hydrogens (tertiary/aromatic N) is 2. The molecule has 0 spiro atoms. The summed E-state index contributed by atoms with van der Waals surface area (Å²) >= 11 is 0. The van der Waals surface area contributed by atoms with Gasteiger partial charge in [0.1, 0.15) is 5.82 Å². The smallest absolute Gasteiger partial charge is 0.227 e. The van der Waals surface area contributed by atoms with Crippen LogP contribution in [0.3, 0.4) is 0 Å². The normalized spacial score (nSPS) is 25.3. The Morgan fingerprint density at radius 1 is 1.31 bits per heavy atom. The number of carbonyl (C=O) groups excluding carboxylic acids is 1. The van der Waals surface area contributed by atoms with Gasteiger partial charge in [-0.1, -0.05) is 12.1 Å². The van der Waals surface area contributed by atoms with Crippen molar-refractivity contribution in [1.82, 2.24) is 15.3 Å². The summed E-state index contributed by atoms with van der Waals surface area (Å²) < 4.78 is 5.80. The number of aryl methyl sites for hydroxylation is 1. The first-order chi connectivity index (χ1) is 12.7. The molecule has 1 aromatic heterocycles. The summed E-state index contributed by atoms with van der Waals surface area (Å²) in [6, 6.07) is 9.99. The first kappa shape index (κ1) is 17.1. The van der Waals surface area contributed by atoms with E-state index in [2.05, 4.69) is 20.6 Å². The van der Waals surface area contributed by atoms with Crippen molar-refractivity contribution in [2.45, 2.75) is 38.3 Å². The Morgan fingerprint density at radius 3 is 3.12 bits per heavy atom. The molecule has 1 amide bonds. The van der Waals surface area contributed by atoms with E-state index in [0.29, 0.717) is 6.04 Å². The number of nitrogens with one attached hydrogen (secondary N) is 2. The maximum atomic E-state index is 12.7. The molecule has 4 rings (SSSR count). The minimum absolute atomic E-state index is 0.0235.